The summed E-state index contributed by atoms with van der Waals surface area (Å²) in [4.78, 5) is 35.3. The first-order chi connectivity index (χ1) is 12.9. The molecule has 6 nitrogen and oxygen atoms in total. The zero-order valence-corrected chi connectivity index (χ0v) is 15.8. The van der Waals surface area contributed by atoms with E-state index < -0.39 is 0 Å². The second kappa shape index (κ2) is 9.52. The molecule has 0 heterocycles. The van der Waals surface area contributed by atoms with Crippen LogP contribution >= 0.6 is 0 Å². The molecule has 6 heteroatoms. The number of nitrogens with one attached hydrogen (secondary N) is 3. The van der Waals surface area contributed by atoms with Crippen LogP contribution in [0.15, 0.2) is 48.5 Å². The Labute approximate surface area is 159 Å². The zero-order chi connectivity index (χ0) is 19.8. The third-order valence-electron chi connectivity index (χ3n) is 4.11. The molecular weight excluding hydrogens is 342 g/mol. The van der Waals surface area contributed by atoms with Gasteiger partial charge in [-0.15, -0.1) is 0 Å². The Morgan fingerprint density at radius 1 is 0.889 bits per heavy atom. The van der Waals surface area contributed by atoms with E-state index in [1.165, 1.54) is 19.4 Å². The van der Waals surface area contributed by atoms with E-state index in [0.29, 0.717) is 23.5 Å². The molecule has 2 aromatic carbocycles. The van der Waals surface area contributed by atoms with E-state index in [1.54, 1.807) is 18.2 Å². The molecule has 1 atom stereocenters. The first-order valence-corrected chi connectivity index (χ1v) is 8.92. The molecule has 0 aliphatic heterocycles. The van der Waals surface area contributed by atoms with E-state index in [0.717, 1.165) is 6.42 Å². The summed E-state index contributed by atoms with van der Waals surface area (Å²) in [6.45, 7) is 5.35. The fourth-order valence-corrected chi connectivity index (χ4v) is 2.85. The van der Waals surface area contributed by atoms with Gasteiger partial charge >= 0.3 is 0 Å². The summed E-state index contributed by atoms with van der Waals surface area (Å²) < 4.78 is 0. The van der Waals surface area contributed by atoms with Crippen molar-refractivity contribution in [2.45, 2.75) is 33.1 Å². The summed E-state index contributed by atoms with van der Waals surface area (Å²) in [5, 5.41) is 8.24. The molecular formula is C21H25N3O3. The Kier molecular flexibility index (Phi) is 7.11. The van der Waals surface area contributed by atoms with Crippen LogP contribution in [0.4, 0.5) is 11.4 Å². The molecule has 0 radical (unpaired) electrons. The van der Waals surface area contributed by atoms with Crippen molar-refractivity contribution in [2.75, 3.05) is 17.2 Å². The molecule has 27 heavy (non-hydrogen) atoms. The lowest BCUT2D eigenvalue weighted by atomic mass is 9.96. The average Bonchev–Trinajstić information content (AvgIpc) is 2.61. The molecule has 0 saturated heterocycles. The maximum absolute atomic E-state index is 12.6. The number of amides is 3. The maximum atomic E-state index is 12.6. The third-order valence-corrected chi connectivity index (χ3v) is 4.11. The normalized spacial score (nSPS) is 11.4. The van der Waals surface area contributed by atoms with Crippen molar-refractivity contribution in [2.24, 2.45) is 0 Å². The van der Waals surface area contributed by atoms with Crippen LogP contribution in [0.3, 0.4) is 0 Å². The van der Waals surface area contributed by atoms with Crippen molar-refractivity contribution < 1.29 is 14.4 Å². The topological polar surface area (TPSA) is 87.3 Å². The van der Waals surface area contributed by atoms with Gasteiger partial charge in [-0.05, 0) is 30.2 Å². The Morgan fingerprint density at radius 2 is 1.44 bits per heavy atom. The molecule has 2 aromatic rings. The number of rotatable bonds is 7. The molecule has 1 unspecified atom stereocenters. The largest absolute Gasteiger partial charge is 0.351 e. The summed E-state index contributed by atoms with van der Waals surface area (Å²) in [5.41, 5.74) is 2.45. The van der Waals surface area contributed by atoms with Gasteiger partial charge in [-0.2, -0.15) is 0 Å². The number of anilines is 2. The summed E-state index contributed by atoms with van der Waals surface area (Å²) in [6, 6.07) is 14.8. The predicted octanol–water partition coefficient (Wildman–Crippen LogP) is 3.53. The van der Waals surface area contributed by atoms with Crippen molar-refractivity contribution in [1.82, 2.24) is 5.32 Å². The van der Waals surface area contributed by atoms with Gasteiger partial charge in [0.05, 0.1) is 0 Å². The molecule has 0 bridgehead atoms. The monoisotopic (exact) mass is 367 g/mol. The number of carbonyl (C=O) groups is 3. The van der Waals surface area contributed by atoms with E-state index in [1.807, 2.05) is 30.3 Å². The summed E-state index contributed by atoms with van der Waals surface area (Å²) in [5.74, 6) is -0.556. The SMILES string of the molecule is CCC(CNC(=O)c1cc(NC(C)=O)cc(NC(C)=O)c1)c1ccccc1. The lowest BCUT2D eigenvalue weighted by Gasteiger charge is -2.17. The molecule has 3 N–H and O–H groups in total. The van der Waals surface area contributed by atoms with E-state index in [2.05, 4.69) is 22.9 Å². The van der Waals surface area contributed by atoms with Gasteiger partial charge in [0.25, 0.3) is 5.91 Å². The number of carbonyl (C=O) groups excluding carboxylic acids is 3. The van der Waals surface area contributed by atoms with Gasteiger partial charge in [0, 0.05) is 43.2 Å². The fourth-order valence-electron chi connectivity index (χ4n) is 2.85. The molecule has 142 valence electrons. The summed E-state index contributed by atoms with van der Waals surface area (Å²) in [6.07, 6.45) is 0.896. The highest BCUT2D eigenvalue weighted by Gasteiger charge is 2.14. The van der Waals surface area contributed by atoms with Gasteiger partial charge in [-0.25, -0.2) is 0 Å². The summed E-state index contributed by atoms with van der Waals surface area (Å²) in [7, 11) is 0. The standard InChI is InChI=1S/C21H25N3O3/c1-4-16(17-8-6-5-7-9-17)13-22-21(27)18-10-19(23-14(2)25)12-20(11-18)24-15(3)26/h5-12,16H,4,13H2,1-3H3,(H,22,27)(H,23,25)(H,24,26). The van der Waals surface area contributed by atoms with Crippen LogP contribution in [0.1, 0.15) is 49.0 Å². The fraction of sp³-hybridized carbons (Fsp3) is 0.286. The highest BCUT2D eigenvalue weighted by atomic mass is 16.2. The van der Waals surface area contributed by atoms with Crippen LogP contribution < -0.4 is 16.0 Å². The molecule has 0 aromatic heterocycles. The van der Waals surface area contributed by atoms with E-state index >= 15 is 0 Å². The second-order valence-electron chi connectivity index (χ2n) is 6.39. The van der Waals surface area contributed by atoms with Crippen LogP contribution in [0, 0.1) is 0 Å². The van der Waals surface area contributed by atoms with Crippen molar-refractivity contribution in [1.29, 1.82) is 0 Å². The third kappa shape index (κ3) is 6.26. The van der Waals surface area contributed by atoms with Gasteiger partial charge in [0.2, 0.25) is 11.8 Å². The minimum absolute atomic E-state index is 0.212. The Hall–Kier alpha value is -3.15. The lowest BCUT2D eigenvalue weighted by molar-refractivity contribution is -0.115. The first kappa shape index (κ1) is 20.2. The average molecular weight is 367 g/mol. The van der Waals surface area contributed by atoms with Crippen LogP contribution in [0.5, 0.6) is 0 Å². The smallest absolute Gasteiger partial charge is 0.251 e. The first-order valence-electron chi connectivity index (χ1n) is 8.92. The second-order valence-corrected chi connectivity index (χ2v) is 6.39. The summed E-state index contributed by atoms with van der Waals surface area (Å²) >= 11 is 0. The Balaban J connectivity index is 2.16. The number of hydrogen-bond donors (Lipinski definition) is 3. The zero-order valence-electron chi connectivity index (χ0n) is 15.8. The highest BCUT2D eigenvalue weighted by Crippen LogP contribution is 2.21. The number of benzene rings is 2. The van der Waals surface area contributed by atoms with Crippen LogP contribution in [0.25, 0.3) is 0 Å². The molecule has 3 amide bonds. The van der Waals surface area contributed by atoms with Crippen LogP contribution in [-0.2, 0) is 9.59 Å². The van der Waals surface area contributed by atoms with Crippen LogP contribution in [0.2, 0.25) is 0 Å². The van der Waals surface area contributed by atoms with Gasteiger partial charge in [0.1, 0.15) is 0 Å². The molecule has 2 rings (SSSR count). The van der Waals surface area contributed by atoms with Crippen LogP contribution in [-0.4, -0.2) is 24.3 Å². The van der Waals surface area contributed by atoms with Gasteiger partial charge in [0.15, 0.2) is 0 Å². The molecule has 0 fully saturated rings. The van der Waals surface area contributed by atoms with Crippen molar-refractivity contribution in [3.63, 3.8) is 0 Å². The predicted molar refractivity (Wildman–Crippen MR) is 107 cm³/mol. The van der Waals surface area contributed by atoms with E-state index in [-0.39, 0.29) is 23.6 Å². The minimum Gasteiger partial charge on any atom is -0.351 e. The lowest BCUT2D eigenvalue weighted by Crippen LogP contribution is -2.28. The molecule has 0 spiro atoms. The van der Waals surface area contributed by atoms with Crippen molar-refractivity contribution in [3.8, 4) is 0 Å². The van der Waals surface area contributed by atoms with Gasteiger partial charge in [-0.1, -0.05) is 37.3 Å². The molecule has 0 aliphatic carbocycles. The van der Waals surface area contributed by atoms with E-state index in [4.69, 9.17) is 0 Å². The molecule has 0 saturated carbocycles. The van der Waals surface area contributed by atoms with Gasteiger partial charge < -0.3 is 16.0 Å². The maximum Gasteiger partial charge on any atom is 0.251 e. The molecule has 0 aliphatic rings. The quantitative estimate of drug-likeness (QED) is 0.700. The van der Waals surface area contributed by atoms with Crippen molar-refractivity contribution >= 4 is 29.1 Å². The van der Waals surface area contributed by atoms with E-state index in [9.17, 15) is 14.4 Å². The highest BCUT2D eigenvalue weighted by molar-refractivity contribution is 5.99. The minimum atomic E-state index is -0.261. The van der Waals surface area contributed by atoms with Gasteiger partial charge in [-0.3, -0.25) is 14.4 Å². The Morgan fingerprint density at radius 3 is 1.93 bits per heavy atom. The van der Waals surface area contributed by atoms with Crippen molar-refractivity contribution in [3.05, 3.63) is 59.7 Å². The Bertz CT molecular complexity index is 784. The number of hydrogen-bond acceptors (Lipinski definition) is 3.